The topological polar surface area (TPSA) is 90.2 Å². The van der Waals surface area contributed by atoms with E-state index >= 15 is 0 Å². The minimum absolute atomic E-state index is 0.000467. The predicted molar refractivity (Wildman–Crippen MR) is 121 cm³/mol. The second kappa shape index (κ2) is 10.2. The van der Waals surface area contributed by atoms with Crippen molar-refractivity contribution in [2.45, 2.75) is 76.7 Å². The summed E-state index contributed by atoms with van der Waals surface area (Å²) in [6.07, 6.45) is -2.96. The number of alkyl halides is 5. The van der Waals surface area contributed by atoms with Gasteiger partial charge in [0, 0.05) is 6.07 Å². The number of hydrogen-bond donors (Lipinski definition) is 1. The van der Waals surface area contributed by atoms with Crippen LogP contribution in [0.25, 0.3) is 11.4 Å². The van der Waals surface area contributed by atoms with Gasteiger partial charge in [-0.05, 0) is 38.3 Å². The van der Waals surface area contributed by atoms with Crippen molar-refractivity contribution in [3.8, 4) is 22.9 Å². The number of rotatable bonds is 8. The first-order valence-electron chi connectivity index (χ1n) is 11.4. The van der Waals surface area contributed by atoms with E-state index in [1.54, 1.807) is 13.8 Å². The third-order valence-corrected chi connectivity index (χ3v) is 7.75. The molecular formula is C23H24F5N3O4S. The number of H-pyrrole nitrogens is 1. The van der Waals surface area contributed by atoms with Crippen LogP contribution < -0.4 is 15.2 Å². The highest BCUT2D eigenvalue weighted by Crippen LogP contribution is 2.52. The average molecular weight is 534 g/mol. The van der Waals surface area contributed by atoms with Gasteiger partial charge in [0.25, 0.3) is 0 Å². The number of thiazole rings is 1. The van der Waals surface area contributed by atoms with Crippen molar-refractivity contribution in [1.82, 2.24) is 15.1 Å². The molecule has 1 aromatic carbocycles. The maximum atomic E-state index is 14.2. The number of halogens is 5. The third kappa shape index (κ3) is 5.11. The van der Waals surface area contributed by atoms with Gasteiger partial charge in [-0.3, -0.25) is 9.51 Å². The summed E-state index contributed by atoms with van der Waals surface area (Å²) < 4.78 is 83.7. The Morgan fingerprint density at radius 1 is 1.19 bits per heavy atom. The molecule has 196 valence electrons. The predicted octanol–water partition coefficient (Wildman–Crippen LogP) is 6.69. The van der Waals surface area contributed by atoms with E-state index in [2.05, 4.69) is 24.4 Å². The fraction of sp³-hybridized carbons (Fsp3) is 0.522. The minimum atomic E-state index is -4.42. The van der Waals surface area contributed by atoms with Crippen LogP contribution in [0, 0.1) is 6.92 Å². The zero-order valence-corrected chi connectivity index (χ0v) is 20.3. The van der Waals surface area contributed by atoms with Crippen LogP contribution in [0.1, 0.15) is 67.1 Å². The van der Waals surface area contributed by atoms with Crippen LogP contribution in [0.15, 0.2) is 27.5 Å². The first-order chi connectivity index (χ1) is 17.0. The number of ether oxygens (including phenoxy) is 2. The molecule has 1 saturated carbocycles. The van der Waals surface area contributed by atoms with E-state index in [1.807, 2.05) is 0 Å². The summed E-state index contributed by atoms with van der Waals surface area (Å²) in [7, 11) is 0. The molecule has 1 unspecified atom stereocenters. The summed E-state index contributed by atoms with van der Waals surface area (Å²) in [5, 5.41) is 3.52. The second-order valence-corrected chi connectivity index (χ2v) is 9.63. The molecule has 7 nitrogen and oxygen atoms in total. The summed E-state index contributed by atoms with van der Waals surface area (Å²) in [5.74, 6) is -1.15. The van der Waals surface area contributed by atoms with Gasteiger partial charge in [0.05, 0.1) is 16.1 Å². The van der Waals surface area contributed by atoms with Crippen molar-refractivity contribution in [1.29, 1.82) is 0 Å². The van der Waals surface area contributed by atoms with Gasteiger partial charge in [-0.2, -0.15) is 22.0 Å². The lowest BCUT2D eigenvalue weighted by Crippen LogP contribution is -2.43. The highest BCUT2D eigenvalue weighted by atomic mass is 32.1. The number of aryl methyl sites for hydroxylation is 1. The van der Waals surface area contributed by atoms with Crippen LogP contribution in [-0.4, -0.2) is 27.9 Å². The van der Waals surface area contributed by atoms with Gasteiger partial charge < -0.3 is 9.47 Å². The number of nitrogens with one attached hydrogen (secondary N) is 1. The van der Waals surface area contributed by atoms with Gasteiger partial charge in [0.15, 0.2) is 5.82 Å². The van der Waals surface area contributed by atoms with Gasteiger partial charge >= 0.3 is 18.5 Å². The largest absolute Gasteiger partial charge is 0.485 e. The van der Waals surface area contributed by atoms with Gasteiger partial charge in [-0.15, -0.1) is 11.3 Å². The summed E-state index contributed by atoms with van der Waals surface area (Å²) in [4.78, 5) is 18.4. The highest BCUT2D eigenvalue weighted by Gasteiger charge is 2.57. The fourth-order valence-corrected chi connectivity index (χ4v) is 5.93. The Morgan fingerprint density at radius 3 is 2.50 bits per heavy atom. The number of benzene rings is 1. The molecule has 2 heterocycles. The molecule has 0 radical (unpaired) electrons. The first kappa shape index (κ1) is 26.1. The lowest BCUT2D eigenvalue weighted by atomic mass is 9.74. The third-order valence-electron chi connectivity index (χ3n) is 6.30. The average Bonchev–Trinajstić information content (AvgIpc) is 3.42. The molecule has 1 fully saturated rings. The molecule has 0 spiro atoms. The molecule has 1 aliphatic rings. The van der Waals surface area contributed by atoms with Crippen LogP contribution in [0.3, 0.4) is 0 Å². The SMILES string of the molecule is CCC(Oc1ccc(-c2noc(=O)[nH]2)c(OC(F)F)c1)c1sc(C2(C(F)(F)F)CCCCC2)nc1C. The molecule has 3 aromatic rings. The zero-order valence-electron chi connectivity index (χ0n) is 19.5. The zero-order chi connectivity index (χ0) is 26.1. The normalized spacial score (nSPS) is 16.8. The fourth-order valence-electron chi connectivity index (χ4n) is 4.48. The molecule has 4 rings (SSSR count). The molecule has 0 aliphatic heterocycles. The Morgan fingerprint density at radius 2 is 1.92 bits per heavy atom. The Labute approximate surface area is 206 Å². The van der Waals surface area contributed by atoms with Crippen LogP contribution in [-0.2, 0) is 5.41 Å². The van der Waals surface area contributed by atoms with Crippen molar-refractivity contribution in [3.63, 3.8) is 0 Å². The van der Waals surface area contributed by atoms with Crippen LogP contribution in [0.4, 0.5) is 22.0 Å². The van der Waals surface area contributed by atoms with E-state index in [-0.39, 0.29) is 40.7 Å². The quantitative estimate of drug-likeness (QED) is 0.325. The number of hydrogen-bond acceptors (Lipinski definition) is 7. The molecule has 2 aromatic heterocycles. The molecule has 0 bridgehead atoms. The minimum Gasteiger partial charge on any atom is -0.485 e. The Balaban J connectivity index is 1.66. The summed E-state index contributed by atoms with van der Waals surface area (Å²) in [5.41, 5.74) is -1.48. The molecule has 0 saturated heterocycles. The van der Waals surface area contributed by atoms with E-state index in [9.17, 15) is 26.7 Å². The lowest BCUT2D eigenvalue weighted by Gasteiger charge is -2.37. The van der Waals surface area contributed by atoms with Gasteiger partial charge in [-0.1, -0.05) is 31.3 Å². The maximum absolute atomic E-state index is 14.2. The highest BCUT2D eigenvalue weighted by molar-refractivity contribution is 7.12. The van der Waals surface area contributed by atoms with Crippen LogP contribution in [0.2, 0.25) is 0 Å². The number of nitrogens with zero attached hydrogens (tertiary/aromatic N) is 2. The van der Waals surface area contributed by atoms with Crippen molar-refractivity contribution >= 4 is 11.3 Å². The Hall–Kier alpha value is -2.96. The Bertz CT molecular complexity index is 1250. The second-order valence-electron chi connectivity index (χ2n) is 8.60. The van der Waals surface area contributed by atoms with Crippen LogP contribution >= 0.6 is 11.3 Å². The van der Waals surface area contributed by atoms with E-state index < -0.39 is 30.1 Å². The summed E-state index contributed by atoms with van der Waals surface area (Å²) >= 11 is 0.992. The molecule has 13 heteroatoms. The standard InChI is InChI=1S/C23H24F5N3O4S/c1-3-15(17-12(2)29-19(36-17)22(23(26,27)28)9-5-4-6-10-22)33-13-7-8-14(16(11-13)34-20(24)25)18-30-21(32)35-31-18/h7-8,11,15,20H,3-6,9-10H2,1-2H3,(H,30,31,32). The molecular weight excluding hydrogens is 509 g/mol. The van der Waals surface area contributed by atoms with Crippen molar-refractivity contribution < 1.29 is 35.9 Å². The first-order valence-corrected chi connectivity index (χ1v) is 12.2. The number of aromatic nitrogens is 3. The van der Waals surface area contributed by atoms with Gasteiger partial charge in [-0.25, -0.2) is 9.78 Å². The van der Waals surface area contributed by atoms with E-state index in [1.165, 1.54) is 18.2 Å². The monoisotopic (exact) mass is 533 g/mol. The Kier molecular flexibility index (Phi) is 7.39. The van der Waals surface area contributed by atoms with Gasteiger partial charge in [0.1, 0.15) is 28.0 Å². The smallest absolute Gasteiger partial charge is 0.439 e. The molecule has 1 atom stereocenters. The summed E-state index contributed by atoms with van der Waals surface area (Å²) in [6, 6.07) is 4.02. The molecule has 0 amide bonds. The van der Waals surface area contributed by atoms with Crippen molar-refractivity contribution in [2.75, 3.05) is 0 Å². The van der Waals surface area contributed by atoms with Gasteiger partial charge in [0.2, 0.25) is 0 Å². The van der Waals surface area contributed by atoms with Crippen molar-refractivity contribution in [3.05, 3.63) is 44.3 Å². The van der Waals surface area contributed by atoms with E-state index in [4.69, 9.17) is 4.74 Å². The lowest BCUT2D eigenvalue weighted by molar-refractivity contribution is -0.199. The molecule has 1 aliphatic carbocycles. The van der Waals surface area contributed by atoms with E-state index in [0.29, 0.717) is 29.8 Å². The summed E-state index contributed by atoms with van der Waals surface area (Å²) in [6.45, 7) is 0.276. The van der Waals surface area contributed by atoms with E-state index in [0.717, 1.165) is 17.8 Å². The van der Waals surface area contributed by atoms with Crippen molar-refractivity contribution in [2.24, 2.45) is 0 Å². The molecule has 36 heavy (non-hydrogen) atoms. The molecule has 1 N–H and O–H groups in total. The number of aromatic amines is 1. The maximum Gasteiger partial charge on any atom is 0.439 e. The van der Waals surface area contributed by atoms with Crippen LogP contribution in [0.5, 0.6) is 11.5 Å².